The van der Waals surface area contributed by atoms with E-state index in [1.54, 1.807) is 0 Å². The molecular formula is C12H13N3O. The molecular weight excluding hydrogens is 202 g/mol. The van der Waals surface area contributed by atoms with Gasteiger partial charge in [0.15, 0.2) is 11.5 Å². The number of aromatic nitrogens is 1. The lowest BCUT2D eigenvalue weighted by molar-refractivity contribution is 0.368. The van der Waals surface area contributed by atoms with E-state index in [1.807, 2.05) is 37.1 Å². The van der Waals surface area contributed by atoms with Crippen LogP contribution in [0.1, 0.15) is 11.5 Å². The van der Waals surface area contributed by atoms with Crippen LogP contribution in [0.2, 0.25) is 0 Å². The summed E-state index contributed by atoms with van der Waals surface area (Å²) in [7, 11) is 1.91. The minimum atomic E-state index is 0.410. The van der Waals surface area contributed by atoms with E-state index >= 15 is 0 Å². The second-order valence-corrected chi connectivity index (χ2v) is 3.83. The van der Waals surface area contributed by atoms with E-state index in [1.165, 1.54) is 0 Å². The van der Waals surface area contributed by atoms with Gasteiger partial charge in [0, 0.05) is 13.5 Å². The molecule has 0 aliphatic carbocycles. The van der Waals surface area contributed by atoms with Gasteiger partial charge in [-0.3, -0.25) is 4.90 Å². The fourth-order valence-electron chi connectivity index (χ4n) is 1.71. The van der Waals surface area contributed by atoms with Crippen molar-refractivity contribution in [2.75, 3.05) is 13.6 Å². The summed E-state index contributed by atoms with van der Waals surface area (Å²) in [4.78, 5) is 6.29. The Balaban J connectivity index is 2.33. The summed E-state index contributed by atoms with van der Waals surface area (Å²) < 4.78 is 5.46. The first kappa shape index (κ1) is 10.7. The van der Waals surface area contributed by atoms with Crippen molar-refractivity contribution in [1.82, 2.24) is 9.88 Å². The predicted molar refractivity (Wildman–Crippen MR) is 60.7 cm³/mol. The Bertz CT molecular complexity index is 539. The lowest BCUT2D eigenvalue weighted by Gasteiger charge is -2.11. The molecule has 0 bridgehead atoms. The molecule has 0 spiro atoms. The van der Waals surface area contributed by atoms with Gasteiger partial charge in [0.1, 0.15) is 5.52 Å². The number of oxazole rings is 1. The van der Waals surface area contributed by atoms with Crippen LogP contribution in [0, 0.1) is 18.3 Å². The van der Waals surface area contributed by atoms with Gasteiger partial charge >= 0.3 is 0 Å². The zero-order valence-corrected chi connectivity index (χ0v) is 9.40. The fourth-order valence-corrected chi connectivity index (χ4v) is 1.71. The second-order valence-electron chi connectivity index (χ2n) is 3.83. The highest BCUT2D eigenvalue weighted by molar-refractivity contribution is 5.76. The van der Waals surface area contributed by atoms with Gasteiger partial charge in [-0.05, 0) is 18.7 Å². The van der Waals surface area contributed by atoms with Crippen molar-refractivity contribution >= 4 is 11.1 Å². The van der Waals surface area contributed by atoms with Crippen molar-refractivity contribution < 1.29 is 4.42 Å². The average molecular weight is 215 g/mol. The van der Waals surface area contributed by atoms with Gasteiger partial charge in [-0.25, -0.2) is 4.98 Å². The number of nitrogens with zero attached hydrogens (tertiary/aromatic N) is 3. The Hall–Kier alpha value is -1.86. The van der Waals surface area contributed by atoms with E-state index < -0.39 is 0 Å². The van der Waals surface area contributed by atoms with E-state index in [0.717, 1.165) is 16.7 Å². The number of hydrogen-bond donors (Lipinski definition) is 0. The molecule has 1 aromatic carbocycles. The van der Waals surface area contributed by atoms with Crippen molar-refractivity contribution in [1.29, 1.82) is 5.26 Å². The highest BCUT2D eigenvalue weighted by Crippen LogP contribution is 2.20. The largest absolute Gasteiger partial charge is 0.441 e. The monoisotopic (exact) mass is 215 g/mol. The van der Waals surface area contributed by atoms with Gasteiger partial charge in [0.25, 0.3) is 0 Å². The number of para-hydroxylation sites is 1. The molecule has 16 heavy (non-hydrogen) atoms. The molecule has 0 atom stereocenters. The highest BCUT2D eigenvalue weighted by Gasteiger charge is 2.08. The number of fused-ring (bicyclic) bond motifs is 1. The molecule has 0 aliphatic heterocycles. The number of aryl methyl sites for hydroxylation is 1. The first-order valence-electron chi connectivity index (χ1n) is 5.11. The van der Waals surface area contributed by atoms with Crippen LogP contribution in [0.15, 0.2) is 22.6 Å². The lowest BCUT2D eigenvalue weighted by Crippen LogP contribution is -2.17. The Labute approximate surface area is 94.1 Å². The molecule has 2 rings (SSSR count). The number of benzene rings is 1. The molecule has 0 unspecified atom stereocenters. The molecule has 4 heteroatoms. The van der Waals surface area contributed by atoms with E-state index in [2.05, 4.69) is 11.1 Å². The predicted octanol–water partition coefficient (Wildman–Crippen LogP) is 2.09. The quantitative estimate of drug-likeness (QED) is 0.736. The van der Waals surface area contributed by atoms with Crippen molar-refractivity contribution in [3.05, 3.63) is 29.7 Å². The van der Waals surface area contributed by atoms with Crippen LogP contribution < -0.4 is 0 Å². The Morgan fingerprint density at radius 2 is 2.31 bits per heavy atom. The molecule has 4 nitrogen and oxygen atoms in total. The van der Waals surface area contributed by atoms with Crippen molar-refractivity contribution in [2.45, 2.75) is 13.5 Å². The highest BCUT2D eigenvalue weighted by atomic mass is 16.3. The number of rotatable bonds is 3. The second kappa shape index (κ2) is 4.33. The number of hydrogen-bond acceptors (Lipinski definition) is 4. The standard InChI is InChI=1S/C12H13N3O/c1-9-14-12-10(8-15(2)7-6-13)4-3-5-11(12)16-9/h3-5H,7-8H2,1-2H3. The molecule has 0 N–H and O–H groups in total. The van der Waals surface area contributed by atoms with Crippen LogP contribution >= 0.6 is 0 Å². The third kappa shape index (κ3) is 2.05. The molecule has 0 saturated heterocycles. The summed E-state index contributed by atoms with van der Waals surface area (Å²) in [5.74, 6) is 0.672. The molecule has 0 fully saturated rings. The number of nitriles is 1. The van der Waals surface area contributed by atoms with E-state index in [-0.39, 0.29) is 0 Å². The Kier molecular flexibility index (Phi) is 2.88. The SMILES string of the molecule is Cc1nc2c(CN(C)CC#N)cccc2o1. The Morgan fingerprint density at radius 1 is 1.50 bits per heavy atom. The summed E-state index contributed by atoms with van der Waals surface area (Å²) in [6, 6.07) is 7.99. The molecule has 1 heterocycles. The van der Waals surface area contributed by atoms with Crippen LogP contribution in [-0.4, -0.2) is 23.5 Å². The van der Waals surface area contributed by atoms with Crippen LogP contribution in [0.4, 0.5) is 0 Å². The molecule has 0 aliphatic rings. The molecule has 1 aromatic heterocycles. The summed E-state index contributed by atoms with van der Waals surface area (Å²) in [6.45, 7) is 2.95. The minimum absolute atomic E-state index is 0.410. The van der Waals surface area contributed by atoms with Crippen LogP contribution in [0.25, 0.3) is 11.1 Å². The summed E-state index contributed by atoms with van der Waals surface area (Å²) in [6.07, 6.45) is 0. The van der Waals surface area contributed by atoms with Gasteiger partial charge in [0.05, 0.1) is 12.6 Å². The first-order chi connectivity index (χ1) is 7.70. The Morgan fingerprint density at radius 3 is 3.06 bits per heavy atom. The summed E-state index contributed by atoms with van der Waals surface area (Å²) >= 11 is 0. The zero-order chi connectivity index (χ0) is 11.5. The third-order valence-electron chi connectivity index (χ3n) is 2.39. The minimum Gasteiger partial charge on any atom is -0.441 e. The first-order valence-corrected chi connectivity index (χ1v) is 5.11. The molecule has 82 valence electrons. The maximum absolute atomic E-state index is 8.61. The molecule has 0 amide bonds. The van der Waals surface area contributed by atoms with E-state index in [0.29, 0.717) is 19.0 Å². The molecule has 2 aromatic rings. The normalized spacial score (nSPS) is 10.9. The van der Waals surface area contributed by atoms with Crippen LogP contribution in [0.5, 0.6) is 0 Å². The maximum Gasteiger partial charge on any atom is 0.192 e. The van der Waals surface area contributed by atoms with Crippen LogP contribution in [-0.2, 0) is 6.54 Å². The summed E-state index contributed by atoms with van der Waals surface area (Å²) in [5, 5.41) is 8.61. The van der Waals surface area contributed by atoms with Crippen LogP contribution in [0.3, 0.4) is 0 Å². The summed E-state index contributed by atoms with van der Waals surface area (Å²) in [5.41, 5.74) is 2.79. The smallest absolute Gasteiger partial charge is 0.192 e. The van der Waals surface area contributed by atoms with Gasteiger partial charge < -0.3 is 4.42 Å². The van der Waals surface area contributed by atoms with Gasteiger partial charge in [-0.1, -0.05) is 12.1 Å². The topological polar surface area (TPSA) is 53.1 Å². The lowest BCUT2D eigenvalue weighted by atomic mass is 10.2. The van der Waals surface area contributed by atoms with Crippen molar-refractivity contribution in [3.8, 4) is 6.07 Å². The average Bonchev–Trinajstić information content (AvgIpc) is 2.60. The van der Waals surface area contributed by atoms with Gasteiger partial charge in [0.2, 0.25) is 0 Å². The maximum atomic E-state index is 8.61. The van der Waals surface area contributed by atoms with Gasteiger partial charge in [-0.2, -0.15) is 5.26 Å². The van der Waals surface area contributed by atoms with Crippen molar-refractivity contribution in [3.63, 3.8) is 0 Å². The third-order valence-corrected chi connectivity index (χ3v) is 2.39. The van der Waals surface area contributed by atoms with E-state index in [4.69, 9.17) is 9.68 Å². The molecule has 0 radical (unpaired) electrons. The fraction of sp³-hybridized carbons (Fsp3) is 0.333. The van der Waals surface area contributed by atoms with Gasteiger partial charge in [-0.15, -0.1) is 0 Å². The van der Waals surface area contributed by atoms with Crippen molar-refractivity contribution in [2.24, 2.45) is 0 Å². The molecule has 0 saturated carbocycles. The zero-order valence-electron chi connectivity index (χ0n) is 9.40. The van der Waals surface area contributed by atoms with E-state index in [9.17, 15) is 0 Å².